The number of imidazole rings is 1. The molecular formula is C14H21N3. The van der Waals surface area contributed by atoms with Crippen LogP contribution >= 0.6 is 0 Å². The summed E-state index contributed by atoms with van der Waals surface area (Å²) in [6.07, 6.45) is 0. The second-order valence-electron chi connectivity index (χ2n) is 5.84. The lowest BCUT2D eigenvalue weighted by Crippen LogP contribution is -2.16. The number of aromatic nitrogens is 3. The summed E-state index contributed by atoms with van der Waals surface area (Å²) in [6.45, 7) is 12.8. The Morgan fingerprint density at radius 3 is 2.12 bits per heavy atom. The van der Waals surface area contributed by atoms with Crippen molar-refractivity contribution in [2.75, 3.05) is 0 Å². The van der Waals surface area contributed by atoms with Crippen molar-refractivity contribution in [1.82, 2.24) is 14.5 Å². The van der Waals surface area contributed by atoms with Crippen LogP contribution in [0.15, 0.2) is 0 Å². The number of rotatable bonds is 0. The monoisotopic (exact) mass is 231 g/mol. The molecule has 0 saturated carbocycles. The number of fused-ring (bicyclic) bond motifs is 1. The van der Waals surface area contributed by atoms with Gasteiger partial charge in [0.1, 0.15) is 5.82 Å². The Balaban J connectivity index is 2.91. The van der Waals surface area contributed by atoms with Gasteiger partial charge in [-0.1, -0.05) is 20.8 Å². The van der Waals surface area contributed by atoms with Crippen molar-refractivity contribution in [3.8, 4) is 0 Å². The minimum Gasteiger partial charge on any atom is -0.330 e. The van der Waals surface area contributed by atoms with E-state index in [4.69, 9.17) is 4.98 Å². The predicted molar refractivity (Wildman–Crippen MR) is 71.4 cm³/mol. The summed E-state index contributed by atoms with van der Waals surface area (Å²) in [4.78, 5) is 9.46. The summed E-state index contributed by atoms with van der Waals surface area (Å²) in [5.41, 5.74) is 5.76. The molecule has 0 aliphatic heterocycles. The molecule has 0 spiro atoms. The molecule has 0 aliphatic rings. The largest absolute Gasteiger partial charge is 0.330 e. The van der Waals surface area contributed by atoms with Crippen molar-refractivity contribution in [2.24, 2.45) is 7.05 Å². The summed E-state index contributed by atoms with van der Waals surface area (Å²) in [5.74, 6) is 1.04. The van der Waals surface area contributed by atoms with Crippen molar-refractivity contribution in [3.05, 3.63) is 22.8 Å². The Bertz CT molecular complexity index is 586. The first kappa shape index (κ1) is 12.1. The lowest BCUT2D eigenvalue weighted by molar-refractivity contribution is 0.564. The Labute approximate surface area is 103 Å². The van der Waals surface area contributed by atoms with Crippen molar-refractivity contribution in [1.29, 1.82) is 0 Å². The molecular weight excluding hydrogens is 210 g/mol. The fourth-order valence-electron chi connectivity index (χ4n) is 2.43. The van der Waals surface area contributed by atoms with Crippen molar-refractivity contribution in [3.63, 3.8) is 0 Å². The molecule has 0 fully saturated rings. The van der Waals surface area contributed by atoms with Crippen molar-refractivity contribution >= 4 is 11.0 Å². The molecule has 0 aliphatic carbocycles. The van der Waals surface area contributed by atoms with Gasteiger partial charge < -0.3 is 4.57 Å². The van der Waals surface area contributed by atoms with E-state index in [0.717, 1.165) is 28.2 Å². The van der Waals surface area contributed by atoms with Crippen molar-refractivity contribution < 1.29 is 0 Å². The number of aryl methyl sites for hydroxylation is 4. The average molecular weight is 231 g/mol. The molecule has 0 unspecified atom stereocenters. The van der Waals surface area contributed by atoms with Gasteiger partial charge in [0.25, 0.3) is 0 Å². The van der Waals surface area contributed by atoms with Gasteiger partial charge in [-0.05, 0) is 26.3 Å². The van der Waals surface area contributed by atoms with Crippen LogP contribution < -0.4 is 0 Å². The number of nitrogens with zero attached hydrogens (tertiary/aromatic N) is 3. The van der Waals surface area contributed by atoms with E-state index in [1.165, 1.54) is 5.56 Å². The number of hydrogen-bond donors (Lipinski definition) is 0. The lowest BCUT2D eigenvalue weighted by atomic mass is 9.88. The fraction of sp³-hybridized carbons (Fsp3) is 0.571. The van der Waals surface area contributed by atoms with Crippen LogP contribution in [0.3, 0.4) is 0 Å². The van der Waals surface area contributed by atoms with Crippen LogP contribution in [0.25, 0.3) is 11.0 Å². The predicted octanol–water partition coefficient (Wildman–Crippen LogP) is 3.19. The van der Waals surface area contributed by atoms with E-state index in [0.29, 0.717) is 0 Å². The van der Waals surface area contributed by atoms with E-state index >= 15 is 0 Å². The second-order valence-corrected chi connectivity index (χ2v) is 5.84. The van der Waals surface area contributed by atoms with Gasteiger partial charge in [0.2, 0.25) is 0 Å². The quantitative estimate of drug-likeness (QED) is 0.697. The van der Waals surface area contributed by atoms with Crippen LogP contribution in [0.5, 0.6) is 0 Å². The minimum absolute atomic E-state index is 0.0639. The molecule has 0 radical (unpaired) electrons. The number of pyridine rings is 1. The molecule has 2 aromatic heterocycles. The van der Waals surface area contributed by atoms with Gasteiger partial charge in [-0.3, -0.25) is 4.98 Å². The first-order chi connectivity index (χ1) is 7.73. The molecule has 2 rings (SSSR count). The molecule has 17 heavy (non-hydrogen) atoms. The van der Waals surface area contributed by atoms with E-state index < -0.39 is 0 Å². The third-order valence-electron chi connectivity index (χ3n) is 3.36. The van der Waals surface area contributed by atoms with Crippen LogP contribution in [0.1, 0.15) is 43.5 Å². The maximum Gasteiger partial charge on any atom is 0.106 e. The van der Waals surface area contributed by atoms with Gasteiger partial charge in [-0.2, -0.15) is 0 Å². The van der Waals surface area contributed by atoms with E-state index in [1.807, 2.05) is 6.92 Å². The van der Waals surface area contributed by atoms with Crippen molar-refractivity contribution in [2.45, 2.75) is 47.0 Å². The van der Waals surface area contributed by atoms with Crippen LogP contribution in [0.2, 0.25) is 0 Å². The third-order valence-corrected chi connectivity index (χ3v) is 3.36. The summed E-state index contributed by atoms with van der Waals surface area (Å²) in [7, 11) is 2.05. The molecule has 3 nitrogen and oxygen atoms in total. The van der Waals surface area contributed by atoms with Gasteiger partial charge in [0.15, 0.2) is 0 Å². The molecule has 2 aromatic rings. The molecule has 0 amide bonds. The zero-order valence-corrected chi connectivity index (χ0v) is 11.8. The van der Waals surface area contributed by atoms with Crippen LogP contribution in [0.4, 0.5) is 0 Å². The third kappa shape index (κ3) is 1.74. The Morgan fingerprint density at radius 1 is 1.00 bits per heavy atom. The summed E-state index contributed by atoms with van der Waals surface area (Å²) in [6, 6.07) is 0. The maximum absolute atomic E-state index is 4.79. The zero-order valence-electron chi connectivity index (χ0n) is 11.8. The van der Waals surface area contributed by atoms with Gasteiger partial charge in [-0.25, -0.2) is 4.98 Å². The van der Waals surface area contributed by atoms with E-state index in [-0.39, 0.29) is 5.41 Å². The lowest BCUT2D eigenvalue weighted by Gasteiger charge is -2.21. The second kappa shape index (κ2) is 3.56. The van der Waals surface area contributed by atoms with Gasteiger partial charge >= 0.3 is 0 Å². The Kier molecular flexibility index (Phi) is 2.53. The topological polar surface area (TPSA) is 30.7 Å². The SMILES string of the molecule is Cc1c(C(C)(C)C)nc(C)c2c1nc(C)n2C. The van der Waals surface area contributed by atoms with E-state index in [1.54, 1.807) is 0 Å². The molecule has 0 aromatic carbocycles. The number of hydrogen-bond acceptors (Lipinski definition) is 2. The van der Waals surface area contributed by atoms with Gasteiger partial charge in [-0.15, -0.1) is 0 Å². The van der Waals surface area contributed by atoms with E-state index in [2.05, 4.69) is 51.2 Å². The smallest absolute Gasteiger partial charge is 0.106 e. The van der Waals surface area contributed by atoms with Crippen LogP contribution in [-0.2, 0) is 12.5 Å². The highest BCUT2D eigenvalue weighted by atomic mass is 15.1. The first-order valence-corrected chi connectivity index (χ1v) is 6.04. The first-order valence-electron chi connectivity index (χ1n) is 6.04. The standard InChI is InChI=1S/C14H21N3/c1-8-11-12(17(7)10(3)16-11)9(2)15-13(8)14(4,5)6/h1-7H3. The normalized spacial score (nSPS) is 12.4. The summed E-state index contributed by atoms with van der Waals surface area (Å²) < 4.78 is 2.12. The molecule has 3 heteroatoms. The average Bonchev–Trinajstić information content (AvgIpc) is 2.49. The summed E-state index contributed by atoms with van der Waals surface area (Å²) in [5, 5.41) is 0. The minimum atomic E-state index is 0.0639. The maximum atomic E-state index is 4.79. The Hall–Kier alpha value is -1.38. The highest BCUT2D eigenvalue weighted by Gasteiger charge is 2.22. The van der Waals surface area contributed by atoms with Gasteiger partial charge in [0, 0.05) is 12.5 Å². The summed E-state index contributed by atoms with van der Waals surface area (Å²) >= 11 is 0. The molecule has 2 heterocycles. The highest BCUT2D eigenvalue weighted by Crippen LogP contribution is 2.30. The molecule has 0 atom stereocenters. The van der Waals surface area contributed by atoms with Crippen LogP contribution in [0, 0.1) is 20.8 Å². The van der Waals surface area contributed by atoms with Crippen LogP contribution in [-0.4, -0.2) is 14.5 Å². The Morgan fingerprint density at radius 2 is 1.59 bits per heavy atom. The molecule has 92 valence electrons. The zero-order chi connectivity index (χ0) is 13.0. The molecule has 0 N–H and O–H groups in total. The van der Waals surface area contributed by atoms with E-state index in [9.17, 15) is 0 Å². The van der Waals surface area contributed by atoms with Gasteiger partial charge in [0.05, 0.1) is 22.4 Å². The molecule has 0 saturated heterocycles. The fourth-order valence-corrected chi connectivity index (χ4v) is 2.43. The highest BCUT2D eigenvalue weighted by molar-refractivity contribution is 5.82. The molecule has 0 bridgehead atoms.